The van der Waals surface area contributed by atoms with Crippen LogP contribution in [0, 0.1) is 0 Å². The van der Waals surface area contributed by atoms with Crippen LogP contribution < -0.4 is 14.4 Å². The van der Waals surface area contributed by atoms with E-state index in [9.17, 15) is 8.42 Å². The van der Waals surface area contributed by atoms with Crippen LogP contribution in [0.1, 0.15) is 32.6 Å². The Morgan fingerprint density at radius 2 is 1.54 bits per heavy atom. The Hall–Kier alpha value is -2.21. The number of nitrogens with one attached hydrogen (secondary N) is 1. The second kappa shape index (κ2) is 8.45. The first kappa shape index (κ1) is 18.6. The van der Waals surface area contributed by atoms with E-state index in [1.807, 2.05) is 31.2 Å². The summed E-state index contributed by atoms with van der Waals surface area (Å²) in [5, 5.41) is 0. The Morgan fingerprint density at radius 3 is 2.12 bits per heavy atom. The summed E-state index contributed by atoms with van der Waals surface area (Å²) in [4.78, 5) is 2.59. The van der Waals surface area contributed by atoms with Gasteiger partial charge in [-0.2, -0.15) is 0 Å². The molecule has 0 aromatic heterocycles. The molecule has 3 rings (SSSR count). The maximum atomic E-state index is 12.5. The molecular weight excluding hydrogens is 348 g/mol. The van der Waals surface area contributed by atoms with E-state index in [4.69, 9.17) is 4.74 Å². The van der Waals surface area contributed by atoms with Gasteiger partial charge in [0, 0.05) is 24.5 Å². The van der Waals surface area contributed by atoms with Crippen LogP contribution in [0.4, 0.5) is 11.4 Å². The Kier molecular flexibility index (Phi) is 6.04. The van der Waals surface area contributed by atoms with E-state index in [0.717, 1.165) is 18.8 Å². The smallest absolute Gasteiger partial charge is 0.261 e. The molecule has 0 radical (unpaired) electrons. The molecule has 0 atom stereocenters. The van der Waals surface area contributed by atoms with Gasteiger partial charge in [0.15, 0.2) is 0 Å². The van der Waals surface area contributed by atoms with Crippen LogP contribution in [0.3, 0.4) is 0 Å². The third-order valence-corrected chi connectivity index (χ3v) is 5.93. The summed E-state index contributed by atoms with van der Waals surface area (Å²) in [5.41, 5.74) is 1.72. The molecule has 1 aliphatic rings. The predicted octanol–water partition coefficient (Wildman–Crippen LogP) is 4.27. The lowest BCUT2D eigenvalue weighted by Crippen LogP contribution is -2.23. The molecule has 0 amide bonds. The van der Waals surface area contributed by atoms with Gasteiger partial charge >= 0.3 is 0 Å². The van der Waals surface area contributed by atoms with E-state index in [1.165, 1.54) is 25.7 Å². The summed E-state index contributed by atoms with van der Waals surface area (Å²) < 4.78 is 33.1. The minimum atomic E-state index is -3.61. The molecule has 0 saturated carbocycles. The Labute approximate surface area is 156 Å². The van der Waals surface area contributed by atoms with Gasteiger partial charge in [0.05, 0.1) is 11.5 Å². The van der Waals surface area contributed by atoms with Crippen LogP contribution in [-0.2, 0) is 10.0 Å². The third kappa shape index (κ3) is 4.69. The second-order valence-electron chi connectivity index (χ2n) is 6.46. The number of hydrogen-bond donors (Lipinski definition) is 1. The zero-order chi connectivity index (χ0) is 18.4. The highest BCUT2D eigenvalue weighted by atomic mass is 32.2. The fourth-order valence-corrected chi connectivity index (χ4v) is 4.22. The second-order valence-corrected chi connectivity index (χ2v) is 8.14. The maximum absolute atomic E-state index is 12.5. The average molecular weight is 375 g/mol. The minimum absolute atomic E-state index is 0.220. The van der Waals surface area contributed by atoms with Crippen LogP contribution in [0.25, 0.3) is 0 Å². The Balaban J connectivity index is 1.69. The molecule has 1 fully saturated rings. The van der Waals surface area contributed by atoms with Crippen molar-refractivity contribution >= 4 is 21.4 Å². The molecule has 140 valence electrons. The molecule has 6 heteroatoms. The number of ether oxygens (including phenoxy) is 1. The van der Waals surface area contributed by atoms with Crippen LogP contribution >= 0.6 is 0 Å². The summed E-state index contributed by atoms with van der Waals surface area (Å²) >= 11 is 0. The number of sulfonamides is 1. The molecule has 0 aliphatic carbocycles. The summed E-state index contributed by atoms with van der Waals surface area (Å²) in [6, 6.07) is 14.1. The summed E-state index contributed by atoms with van der Waals surface area (Å²) in [6.45, 7) is 4.57. The zero-order valence-electron chi connectivity index (χ0n) is 15.1. The molecule has 1 aliphatic heterocycles. The molecule has 0 bridgehead atoms. The number of anilines is 2. The van der Waals surface area contributed by atoms with Crippen LogP contribution in [0.5, 0.6) is 5.75 Å². The van der Waals surface area contributed by atoms with Crippen LogP contribution in [0.15, 0.2) is 53.4 Å². The van der Waals surface area contributed by atoms with E-state index in [0.29, 0.717) is 18.0 Å². The monoisotopic (exact) mass is 374 g/mol. The highest BCUT2D eigenvalue weighted by Crippen LogP contribution is 2.24. The van der Waals surface area contributed by atoms with E-state index in [2.05, 4.69) is 9.62 Å². The lowest BCUT2D eigenvalue weighted by Gasteiger charge is -2.22. The zero-order valence-corrected chi connectivity index (χ0v) is 16.0. The van der Waals surface area contributed by atoms with Crippen molar-refractivity contribution in [2.24, 2.45) is 0 Å². The van der Waals surface area contributed by atoms with Crippen LogP contribution in [-0.4, -0.2) is 28.1 Å². The van der Waals surface area contributed by atoms with Gasteiger partial charge in [-0.25, -0.2) is 8.42 Å². The van der Waals surface area contributed by atoms with Crippen molar-refractivity contribution in [3.8, 4) is 5.75 Å². The molecule has 2 aromatic rings. The Bertz CT molecular complexity index is 794. The number of nitrogens with zero attached hydrogens (tertiary/aromatic N) is 1. The highest BCUT2D eigenvalue weighted by molar-refractivity contribution is 7.92. The van der Waals surface area contributed by atoms with Gasteiger partial charge in [-0.15, -0.1) is 0 Å². The van der Waals surface area contributed by atoms with E-state index in [1.54, 1.807) is 24.3 Å². The topological polar surface area (TPSA) is 58.6 Å². The van der Waals surface area contributed by atoms with Gasteiger partial charge in [-0.1, -0.05) is 12.8 Å². The van der Waals surface area contributed by atoms with Crippen molar-refractivity contribution in [1.82, 2.24) is 0 Å². The first-order valence-electron chi connectivity index (χ1n) is 9.19. The van der Waals surface area contributed by atoms with Crippen molar-refractivity contribution in [1.29, 1.82) is 0 Å². The lowest BCUT2D eigenvalue weighted by molar-refractivity contribution is 0.340. The first-order valence-corrected chi connectivity index (χ1v) is 10.7. The van der Waals surface area contributed by atoms with Crippen molar-refractivity contribution in [3.05, 3.63) is 48.5 Å². The van der Waals surface area contributed by atoms with E-state index >= 15 is 0 Å². The molecule has 2 aromatic carbocycles. The number of hydrogen-bond acceptors (Lipinski definition) is 4. The van der Waals surface area contributed by atoms with Gasteiger partial charge in [-0.05, 0) is 68.3 Å². The summed E-state index contributed by atoms with van der Waals surface area (Å²) in [7, 11) is -3.61. The van der Waals surface area contributed by atoms with Crippen molar-refractivity contribution < 1.29 is 13.2 Å². The van der Waals surface area contributed by atoms with Gasteiger partial charge < -0.3 is 9.64 Å². The molecule has 0 spiro atoms. The third-order valence-electron chi connectivity index (χ3n) is 4.54. The normalized spacial score (nSPS) is 15.3. The fourth-order valence-electron chi connectivity index (χ4n) is 3.16. The molecule has 5 nitrogen and oxygen atoms in total. The minimum Gasteiger partial charge on any atom is -0.494 e. The Morgan fingerprint density at radius 1 is 0.923 bits per heavy atom. The molecule has 26 heavy (non-hydrogen) atoms. The summed E-state index contributed by atoms with van der Waals surface area (Å²) in [6.07, 6.45) is 5.01. The largest absolute Gasteiger partial charge is 0.494 e. The van der Waals surface area contributed by atoms with E-state index < -0.39 is 10.0 Å². The molecule has 1 heterocycles. The van der Waals surface area contributed by atoms with Crippen molar-refractivity contribution in [2.45, 2.75) is 37.5 Å². The molecule has 1 N–H and O–H groups in total. The lowest BCUT2D eigenvalue weighted by atomic mass is 10.2. The first-order chi connectivity index (χ1) is 12.6. The quantitative estimate of drug-likeness (QED) is 0.820. The van der Waals surface area contributed by atoms with Crippen LogP contribution in [0.2, 0.25) is 0 Å². The van der Waals surface area contributed by atoms with Gasteiger partial charge in [0.25, 0.3) is 10.0 Å². The van der Waals surface area contributed by atoms with Crippen molar-refractivity contribution in [3.63, 3.8) is 0 Å². The van der Waals surface area contributed by atoms with Gasteiger partial charge in [0.2, 0.25) is 0 Å². The summed E-state index contributed by atoms with van der Waals surface area (Å²) in [5.74, 6) is 0.660. The van der Waals surface area contributed by atoms with Gasteiger partial charge in [0.1, 0.15) is 5.75 Å². The predicted molar refractivity (Wildman–Crippen MR) is 106 cm³/mol. The standard InChI is InChI=1S/C20H26N2O3S/c1-2-25-19-11-13-20(14-12-19)26(23,24)21-17-7-9-18(10-8-17)22-15-5-3-4-6-16-22/h7-14,21H,2-6,15-16H2,1H3. The molecule has 0 unspecified atom stereocenters. The number of benzene rings is 2. The highest BCUT2D eigenvalue weighted by Gasteiger charge is 2.15. The number of rotatable bonds is 6. The molecule has 1 saturated heterocycles. The average Bonchev–Trinajstić information content (AvgIpc) is 2.92. The fraction of sp³-hybridized carbons (Fsp3) is 0.400. The SMILES string of the molecule is CCOc1ccc(S(=O)(=O)Nc2ccc(N3CCCCCC3)cc2)cc1. The van der Waals surface area contributed by atoms with Crippen molar-refractivity contribution in [2.75, 3.05) is 29.3 Å². The molecular formula is C20H26N2O3S. The maximum Gasteiger partial charge on any atom is 0.261 e. The van der Waals surface area contributed by atoms with E-state index in [-0.39, 0.29) is 4.90 Å². The van der Waals surface area contributed by atoms with Gasteiger partial charge in [-0.3, -0.25) is 4.72 Å².